The lowest BCUT2D eigenvalue weighted by molar-refractivity contribution is 0.339. The van der Waals surface area contributed by atoms with Crippen molar-refractivity contribution in [1.82, 2.24) is 0 Å². The van der Waals surface area contributed by atoms with E-state index in [9.17, 15) is 10.2 Å². The molecule has 4 atom stereocenters. The van der Waals surface area contributed by atoms with Crippen molar-refractivity contribution in [2.24, 2.45) is 0 Å². The van der Waals surface area contributed by atoms with E-state index in [1.54, 1.807) is 0 Å². The van der Waals surface area contributed by atoms with Gasteiger partial charge in [-0.3, -0.25) is 0 Å². The van der Waals surface area contributed by atoms with E-state index in [0.717, 1.165) is 22.7 Å². The minimum absolute atomic E-state index is 0.158. The maximum atomic E-state index is 9.36. The second-order valence-corrected chi connectivity index (χ2v) is 13.8. The first-order valence-corrected chi connectivity index (χ1v) is 15.3. The molecule has 0 aromatic heterocycles. The van der Waals surface area contributed by atoms with Gasteiger partial charge in [0.25, 0.3) is 0 Å². The van der Waals surface area contributed by atoms with Crippen LogP contribution < -0.4 is 0 Å². The molecule has 0 fully saturated rings. The maximum Gasteiger partial charge on any atom is 0.0746 e. The summed E-state index contributed by atoms with van der Waals surface area (Å²) in [7, 11) is 0. The van der Waals surface area contributed by atoms with Crippen LogP contribution in [0, 0.1) is 0 Å². The average molecular weight is 491 g/mol. The van der Waals surface area contributed by atoms with Gasteiger partial charge >= 0.3 is 0 Å². The zero-order chi connectivity index (χ0) is 19.9. The fraction of sp³-hybridized carbons (Fsp3) is 0.500. The first-order valence-electron chi connectivity index (χ1n) is 9.04. The second-order valence-electron chi connectivity index (χ2n) is 6.51. The molecule has 154 valence electrons. The topological polar surface area (TPSA) is 40.5 Å². The lowest BCUT2D eigenvalue weighted by atomic mass is 10.0. The average Bonchev–Trinajstić information content (AvgIpc) is 3.40. The summed E-state index contributed by atoms with van der Waals surface area (Å²) in [6.07, 6.45) is 6.49. The van der Waals surface area contributed by atoms with Gasteiger partial charge in [0.1, 0.15) is 0 Å². The van der Waals surface area contributed by atoms with E-state index in [4.69, 9.17) is 0 Å². The van der Waals surface area contributed by atoms with Crippen molar-refractivity contribution in [3.8, 4) is 0 Å². The smallest absolute Gasteiger partial charge is 0.0746 e. The van der Waals surface area contributed by atoms with Gasteiger partial charge < -0.3 is 10.2 Å². The molecule has 0 saturated carbocycles. The third-order valence-corrected chi connectivity index (χ3v) is 13.2. The Kier molecular flexibility index (Phi) is 9.97. The van der Waals surface area contributed by atoms with Gasteiger partial charge in [-0.1, -0.05) is 24.3 Å². The van der Waals surface area contributed by atoms with Crippen molar-refractivity contribution in [3.63, 3.8) is 0 Å². The fourth-order valence-electron chi connectivity index (χ4n) is 3.10. The van der Waals surface area contributed by atoms with Crippen LogP contribution in [0.4, 0.5) is 0 Å². The Labute approximate surface area is 193 Å². The Morgan fingerprint density at radius 2 is 1.32 bits per heavy atom. The Balaban J connectivity index is 1.60. The van der Waals surface area contributed by atoms with Gasteiger partial charge in [-0.2, -0.15) is 23.5 Å². The van der Waals surface area contributed by atoms with Crippen LogP contribution in [0.1, 0.15) is 11.1 Å². The summed E-state index contributed by atoms with van der Waals surface area (Å²) in [6.45, 7) is 0.315. The summed E-state index contributed by atoms with van der Waals surface area (Å²) in [6, 6.07) is 9.06. The Morgan fingerprint density at radius 1 is 0.857 bits per heavy atom. The Morgan fingerprint density at radius 3 is 1.68 bits per heavy atom. The van der Waals surface area contributed by atoms with Crippen LogP contribution in [0.5, 0.6) is 0 Å². The molecule has 3 rings (SSSR count). The highest BCUT2D eigenvalue weighted by molar-refractivity contribution is 8.24. The number of aliphatic hydroxyl groups excluding tert-OH is 2. The molecule has 0 radical (unpaired) electrons. The molecule has 0 aliphatic carbocycles. The van der Waals surface area contributed by atoms with Crippen LogP contribution in [-0.4, -0.2) is 55.6 Å². The number of hydrogen-bond donors (Lipinski definition) is 2. The van der Waals surface area contributed by atoms with Gasteiger partial charge in [0, 0.05) is 20.3 Å². The summed E-state index contributed by atoms with van der Waals surface area (Å²) >= 11 is 11.2. The number of hydrogen-bond acceptors (Lipinski definition) is 8. The molecule has 2 N–H and O–H groups in total. The van der Waals surface area contributed by atoms with Gasteiger partial charge in [-0.15, -0.1) is 47.0 Å². The van der Waals surface area contributed by atoms with Crippen LogP contribution in [0.3, 0.4) is 0 Å². The zero-order valence-corrected chi connectivity index (χ0v) is 20.8. The number of aliphatic hydroxyl groups is 2. The highest BCUT2D eigenvalue weighted by Gasteiger charge is 2.28. The van der Waals surface area contributed by atoms with E-state index in [0.29, 0.717) is 19.7 Å². The van der Waals surface area contributed by atoms with Crippen LogP contribution in [0.15, 0.2) is 44.9 Å². The molecule has 0 bridgehead atoms. The van der Waals surface area contributed by atoms with E-state index in [1.807, 2.05) is 70.6 Å². The third kappa shape index (κ3) is 6.36. The van der Waals surface area contributed by atoms with Crippen LogP contribution in [-0.2, 0) is 12.8 Å². The van der Waals surface area contributed by atoms with Crippen molar-refractivity contribution in [2.45, 2.75) is 32.5 Å². The van der Waals surface area contributed by atoms with Gasteiger partial charge in [0.05, 0.1) is 22.4 Å². The lowest BCUT2D eigenvalue weighted by Gasteiger charge is -2.22. The zero-order valence-electron chi connectivity index (χ0n) is 15.9. The van der Waals surface area contributed by atoms with E-state index in [1.165, 1.54) is 11.1 Å². The monoisotopic (exact) mass is 490 g/mol. The minimum atomic E-state index is 0.158. The van der Waals surface area contributed by atoms with E-state index >= 15 is 0 Å². The van der Waals surface area contributed by atoms with E-state index in [-0.39, 0.29) is 13.2 Å². The minimum Gasteiger partial charge on any atom is -0.391 e. The van der Waals surface area contributed by atoms with Crippen LogP contribution in [0.25, 0.3) is 0 Å². The molecule has 28 heavy (non-hydrogen) atoms. The lowest BCUT2D eigenvalue weighted by Crippen LogP contribution is -2.19. The third-order valence-electron chi connectivity index (χ3n) is 4.59. The molecule has 8 heteroatoms. The number of thioether (sulfide) groups is 6. The van der Waals surface area contributed by atoms with Crippen molar-refractivity contribution in [2.75, 3.05) is 25.7 Å². The highest BCUT2D eigenvalue weighted by Crippen LogP contribution is 2.46. The fourth-order valence-corrected chi connectivity index (χ4v) is 11.1. The van der Waals surface area contributed by atoms with Crippen molar-refractivity contribution in [3.05, 3.63) is 56.0 Å². The van der Waals surface area contributed by atoms with Gasteiger partial charge in [0.15, 0.2) is 0 Å². The normalized spacial score (nSPS) is 24.1. The summed E-state index contributed by atoms with van der Waals surface area (Å²) in [5, 5.41) is 24.0. The van der Waals surface area contributed by atoms with Crippen molar-refractivity contribution in [1.29, 1.82) is 0 Å². The molecule has 2 nitrogen and oxygen atoms in total. The molecular weight excluding hydrogens is 465 g/mol. The number of rotatable bonds is 10. The summed E-state index contributed by atoms with van der Waals surface area (Å²) in [5.74, 6) is 0. The van der Waals surface area contributed by atoms with E-state index < -0.39 is 0 Å². The van der Waals surface area contributed by atoms with Crippen LogP contribution in [0.2, 0.25) is 0 Å². The van der Waals surface area contributed by atoms with Gasteiger partial charge in [-0.25, -0.2) is 0 Å². The highest BCUT2D eigenvalue weighted by atomic mass is 32.2. The molecule has 0 amide bonds. The Hall–Kier alpha value is 0.720. The largest absolute Gasteiger partial charge is 0.391 e. The first-order chi connectivity index (χ1) is 13.7. The summed E-state index contributed by atoms with van der Waals surface area (Å²) in [4.78, 5) is 2.18. The van der Waals surface area contributed by atoms with Gasteiger partial charge in [-0.05, 0) is 47.3 Å². The quantitative estimate of drug-likeness (QED) is 0.445. The second kappa shape index (κ2) is 11.9. The number of benzene rings is 1. The summed E-state index contributed by atoms with van der Waals surface area (Å²) in [5.41, 5.74) is 2.80. The molecule has 2 aliphatic rings. The summed E-state index contributed by atoms with van der Waals surface area (Å²) < 4.78 is 0.961. The SMILES string of the molecule is CSC(Cc1cccc(CC(SC)C2SC=C(CO)S2)c1)C1SC=C(CO)S1. The molecule has 4 unspecified atom stereocenters. The first kappa shape index (κ1) is 23.4. The van der Waals surface area contributed by atoms with Crippen molar-refractivity contribution >= 4 is 70.6 Å². The molecule has 1 aromatic carbocycles. The molecule has 2 heterocycles. The molecule has 1 aromatic rings. The molecule has 0 spiro atoms. The maximum absolute atomic E-state index is 9.36. The standard InChI is InChI=1S/C20H26O2S6/c1-23-17(19-25-11-15(9-21)27-19)7-13-4-3-5-14(6-13)8-18(24-2)20-26-12-16(10-22)28-20/h3-6,11-12,17-22H,7-10H2,1-2H3. The molecular formula is C20H26O2S6. The molecule has 2 aliphatic heterocycles. The predicted octanol–water partition coefficient (Wildman–Crippen LogP) is 5.51. The van der Waals surface area contributed by atoms with Crippen molar-refractivity contribution < 1.29 is 10.2 Å². The van der Waals surface area contributed by atoms with E-state index in [2.05, 4.69) is 47.6 Å². The predicted molar refractivity (Wildman–Crippen MR) is 137 cm³/mol. The Bertz CT molecular complexity index is 652. The molecule has 0 saturated heterocycles. The van der Waals surface area contributed by atoms with Crippen LogP contribution >= 0.6 is 70.6 Å². The van der Waals surface area contributed by atoms with Gasteiger partial charge in [0.2, 0.25) is 0 Å².